The Hall–Kier alpha value is -2.00. The molecule has 0 fully saturated rings. The molecular weight excluding hydrogens is 258 g/mol. The van der Waals surface area contributed by atoms with Gasteiger partial charge >= 0.3 is 0 Å². The number of benzene rings is 1. The second kappa shape index (κ2) is 4.59. The number of hydrogen-bond acceptors (Lipinski definition) is 3. The smallest absolute Gasteiger partial charge is 0.161 e. The molecule has 19 heavy (non-hydrogen) atoms. The Labute approximate surface area is 116 Å². The van der Waals surface area contributed by atoms with Crippen LogP contribution in [0.25, 0.3) is 22.3 Å². The van der Waals surface area contributed by atoms with Crippen molar-refractivity contribution in [2.24, 2.45) is 0 Å². The number of rotatable bonds is 1. The molecule has 0 N–H and O–H groups in total. The average molecular weight is 270 g/mol. The molecule has 0 aliphatic heterocycles. The van der Waals surface area contributed by atoms with E-state index >= 15 is 0 Å². The maximum Gasteiger partial charge on any atom is 0.161 e. The number of aryl methyl sites for hydroxylation is 2. The van der Waals surface area contributed by atoms with E-state index in [0.717, 1.165) is 16.5 Å². The van der Waals surface area contributed by atoms with E-state index in [9.17, 15) is 0 Å². The summed E-state index contributed by atoms with van der Waals surface area (Å²) in [6.45, 7) is 4.12. The molecule has 0 bridgehead atoms. The Morgan fingerprint density at radius 2 is 1.63 bits per heavy atom. The lowest BCUT2D eigenvalue weighted by molar-refractivity contribution is 1.20. The van der Waals surface area contributed by atoms with Crippen molar-refractivity contribution in [3.05, 3.63) is 52.9 Å². The number of fused-ring (bicyclic) bond motifs is 1. The van der Waals surface area contributed by atoms with Crippen LogP contribution in [0.2, 0.25) is 5.15 Å². The highest BCUT2D eigenvalue weighted by Crippen LogP contribution is 2.26. The molecule has 0 aliphatic rings. The molecule has 2 aromatic heterocycles. The summed E-state index contributed by atoms with van der Waals surface area (Å²) >= 11 is 6.27. The van der Waals surface area contributed by atoms with Crippen LogP contribution >= 0.6 is 11.6 Å². The topological polar surface area (TPSA) is 38.7 Å². The highest BCUT2D eigenvalue weighted by molar-refractivity contribution is 6.34. The van der Waals surface area contributed by atoms with E-state index in [1.54, 1.807) is 12.4 Å². The summed E-state index contributed by atoms with van der Waals surface area (Å²) in [4.78, 5) is 12.9. The van der Waals surface area contributed by atoms with E-state index in [0.29, 0.717) is 11.0 Å². The molecule has 1 aromatic carbocycles. The van der Waals surface area contributed by atoms with Crippen LogP contribution in [0.3, 0.4) is 0 Å². The molecule has 3 aromatic rings. The van der Waals surface area contributed by atoms with Gasteiger partial charge in [0.25, 0.3) is 0 Å². The third kappa shape index (κ3) is 2.17. The summed E-state index contributed by atoms with van der Waals surface area (Å²) in [6, 6.07) is 7.82. The number of nitrogens with zero attached hydrogens (tertiary/aromatic N) is 3. The van der Waals surface area contributed by atoms with E-state index in [4.69, 9.17) is 11.6 Å². The first-order valence-corrected chi connectivity index (χ1v) is 6.38. The van der Waals surface area contributed by atoms with E-state index < -0.39 is 0 Å². The lowest BCUT2D eigenvalue weighted by Crippen LogP contribution is -1.93. The summed E-state index contributed by atoms with van der Waals surface area (Å²) in [5.74, 6) is 0.628. The highest BCUT2D eigenvalue weighted by Gasteiger charge is 2.09. The molecule has 0 amide bonds. The van der Waals surface area contributed by atoms with Crippen LogP contribution in [0.1, 0.15) is 11.1 Å². The van der Waals surface area contributed by atoms with Gasteiger partial charge in [0.05, 0.1) is 5.52 Å². The van der Waals surface area contributed by atoms with E-state index in [2.05, 4.69) is 28.8 Å². The molecule has 0 unspecified atom stereocenters. The molecule has 0 aliphatic carbocycles. The maximum atomic E-state index is 6.27. The van der Waals surface area contributed by atoms with Crippen LogP contribution in [0.15, 0.2) is 36.7 Å². The standard InChI is InChI=1S/C15H12ClN3/c1-9-7-12-13(8-10(9)2)18-15(19-14(12)16)11-3-5-17-6-4-11/h3-8H,1-2H3. The van der Waals surface area contributed by atoms with Crippen LogP contribution in [-0.4, -0.2) is 15.0 Å². The van der Waals surface area contributed by atoms with Crippen LogP contribution in [0, 0.1) is 13.8 Å². The first-order chi connectivity index (χ1) is 9.15. The average Bonchev–Trinajstić information content (AvgIpc) is 2.42. The summed E-state index contributed by atoms with van der Waals surface area (Å²) in [5, 5.41) is 1.38. The first-order valence-electron chi connectivity index (χ1n) is 6.00. The van der Waals surface area contributed by atoms with Crippen LogP contribution in [0.4, 0.5) is 0 Å². The number of pyridine rings is 1. The van der Waals surface area contributed by atoms with Crippen molar-refractivity contribution in [1.82, 2.24) is 15.0 Å². The second-order valence-corrected chi connectivity index (χ2v) is 4.89. The monoisotopic (exact) mass is 269 g/mol. The van der Waals surface area contributed by atoms with Gasteiger partial charge < -0.3 is 0 Å². The zero-order chi connectivity index (χ0) is 13.4. The highest BCUT2D eigenvalue weighted by atomic mass is 35.5. The third-order valence-electron chi connectivity index (χ3n) is 3.20. The third-order valence-corrected chi connectivity index (χ3v) is 3.49. The van der Waals surface area contributed by atoms with Crippen molar-refractivity contribution in [3.63, 3.8) is 0 Å². The predicted octanol–water partition coefficient (Wildman–Crippen LogP) is 3.96. The predicted molar refractivity (Wildman–Crippen MR) is 77.3 cm³/mol. The molecule has 0 saturated heterocycles. The maximum absolute atomic E-state index is 6.27. The largest absolute Gasteiger partial charge is 0.265 e. The molecule has 4 heteroatoms. The molecule has 0 radical (unpaired) electrons. The fraction of sp³-hybridized carbons (Fsp3) is 0.133. The number of halogens is 1. The fourth-order valence-corrected chi connectivity index (χ4v) is 2.21. The van der Waals surface area contributed by atoms with Gasteiger partial charge in [0, 0.05) is 23.3 Å². The Bertz CT molecular complexity index is 754. The van der Waals surface area contributed by atoms with Gasteiger partial charge in [-0.1, -0.05) is 11.6 Å². The molecule has 94 valence electrons. The van der Waals surface area contributed by atoms with Crippen LogP contribution in [-0.2, 0) is 0 Å². The zero-order valence-electron chi connectivity index (χ0n) is 10.7. The Morgan fingerprint density at radius 3 is 2.37 bits per heavy atom. The molecule has 0 spiro atoms. The van der Waals surface area contributed by atoms with Crippen molar-refractivity contribution in [2.75, 3.05) is 0 Å². The van der Waals surface area contributed by atoms with Crippen LogP contribution < -0.4 is 0 Å². The summed E-state index contributed by atoms with van der Waals surface area (Å²) in [6.07, 6.45) is 3.44. The van der Waals surface area contributed by atoms with E-state index in [1.807, 2.05) is 24.3 Å². The van der Waals surface area contributed by atoms with Crippen molar-refractivity contribution in [3.8, 4) is 11.4 Å². The van der Waals surface area contributed by atoms with Crippen molar-refractivity contribution >= 4 is 22.5 Å². The fourth-order valence-electron chi connectivity index (χ4n) is 1.98. The quantitative estimate of drug-likeness (QED) is 0.628. The molecule has 2 heterocycles. The van der Waals surface area contributed by atoms with Gasteiger partial charge in [-0.15, -0.1) is 0 Å². The Balaban J connectivity index is 2.28. The van der Waals surface area contributed by atoms with Gasteiger partial charge in [-0.25, -0.2) is 9.97 Å². The lowest BCUT2D eigenvalue weighted by atomic mass is 10.1. The molecular formula is C15H12ClN3. The van der Waals surface area contributed by atoms with Gasteiger partial charge in [-0.2, -0.15) is 0 Å². The summed E-state index contributed by atoms with van der Waals surface area (Å²) in [5.41, 5.74) is 4.17. The van der Waals surface area contributed by atoms with Crippen molar-refractivity contribution in [2.45, 2.75) is 13.8 Å². The van der Waals surface area contributed by atoms with Crippen LogP contribution in [0.5, 0.6) is 0 Å². The first kappa shape index (κ1) is 12.1. The number of hydrogen-bond donors (Lipinski definition) is 0. The SMILES string of the molecule is Cc1cc2nc(-c3ccncc3)nc(Cl)c2cc1C. The Morgan fingerprint density at radius 1 is 0.947 bits per heavy atom. The van der Waals surface area contributed by atoms with Crippen molar-refractivity contribution < 1.29 is 0 Å². The van der Waals surface area contributed by atoms with E-state index in [-0.39, 0.29) is 0 Å². The summed E-state index contributed by atoms with van der Waals surface area (Å²) in [7, 11) is 0. The van der Waals surface area contributed by atoms with Gasteiger partial charge in [-0.3, -0.25) is 4.98 Å². The van der Waals surface area contributed by atoms with Gasteiger partial charge in [-0.05, 0) is 49.2 Å². The molecule has 0 atom stereocenters. The minimum Gasteiger partial charge on any atom is -0.265 e. The zero-order valence-corrected chi connectivity index (χ0v) is 11.4. The van der Waals surface area contributed by atoms with Crippen molar-refractivity contribution in [1.29, 1.82) is 0 Å². The van der Waals surface area contributed by atoms with Gasteiger partial charge in [0.1, 0.15) is 5.15 Å². The minimum atomic E-state index is 0.486. The molecule has 3 rings (SSSR count). The minimum absolute atomic E-state index is 0.486. The normalized spacial score (nSPS) is 10.9. The summed E-state index contributed by atoms with van der Waals surface area (Å²) < 4.78 is 0. The molecule has 3 nitrogen and oxygen atoms in total. The lowest BCUT2D eigenvalue weighted by Gasteiger charge is -2.07. The van der Waals surface area contributed by atoms with Gasteiger partial charge in [0.2, 0.25) is 0 Å². The Kier molecular flexibility index (Phi) is 2.91. The molecule has 0 saturated carbocycles. The second-order valence-electron chi connectivity index (χ2n) is 4.53. The van der Waals surface area contributed by atoms with Gasteiger partial charge in [0.15, 0.2) is 5.82 Å². The number of aromatic nitrogens is 3. The van der Waals surface area contributed by atoms with E-state index in [1.165, 1.54) is 11.1 Å².